The predicted molar refractivity (Wildman–Crippen MR) is 88.2 cm³/mol. The largest absolute Gasteiger partial charge is 0.493 e. The van der Waals surface area contributed by atoms with Gasteiger partial charge in [-0.2, -0.15) is 0 Å². The quantitative estimate of drug-likeness (QED) is 0.927. The zero-order chi connectivity index (χ0) is 25.3. The summed E-state index contributed by atoms with van der Waals surface area (Å²) in [6, 6.07) is 0.286. The van der Waals surface area contributed by atoms with Crippen LogP contribution in [0.2, 0.25) is 0 Å². The van der Waals surface area contributed by atoms with Crippen molar-refractivity contribution in [2.75, 3.05) is 26.4 Å². The fourth-order valence-corrected chi connectivity index (χ4v) is 2.44. The van der Waals surface area contributed by atoms with Gasteiger partial charge >= 0.3 is 0 Å². The van der Waals surface area contributed by atoms with E-state index in [0.29, 0.717) is 0 Å². The molecule has 0 aliphatic carbocycles. The van der Waals surface area contributed by atoms with Crippen LogP contribution in [-0.4, -0.2) is 26.4 Å². The Labute approximate surface area is 154 Å². The van der Waals surface area contributed by atoms with Crippen LogP contribution in [0.15, 0.2) is 42.4 Å². The van der Waals surface area contributed by atoms with Gasteiger partial charge in [0.25, 0.3) is 0 Å². The smallest absolute Gasteiger partial charge is 0.231 e. The fourth-order valence-electron chi connectivity index (χ4n) is 2.44. The first-order chi connectivity index (χ1) is 15.6. The molecule has 4 nitrogen and oxygen atoms in total. The molecule has 2 atom stereocenters. The second-order valence-electron chi connectivity index (χ2n) is 5.13. The van der Waals surface area contributed by atoms with Gasteiger partial charge in [0.1, 0.15) is 14.3 Å². The summed E-state index contributed by atoms with van der Waals surface area (Å²) in [5, 5.41) is 2.50. The summed E-state index contributed by atoms with van der Waals surface area (Å²) in [5.41, 5.74) is -0.591. The molecule has 5 heteroatoms. The van der Waals surface area contributed by atoms with E-state index in [4.69, 9.17) is 27.9 Å². The Morgan fingerprint density at radius 3 is 3.00 bits per heavy atom. The Morgan fingerprint density at radius 1 is 1.29 bits per heavy atom. The molecule has 0 aromatic heterocycles. The number of benzene rings is 2. The second kappa shape index (κ2) is 6.69. The lowest BCUT2D eigenvalue weighted by molar-refractivity contribution is 0.173. The van der Waals surface area contributed by atoms with E-state index in [0.717, 1.165) is 0 Å². The van der Waals surface area contributed by atoms with Gasteiger partial charge in [0, 0.05) is 23.9 Å². The first-order valence-electron chi connectivity index (χ1n) is 12.3. The van der Waals surface area contributed by atoms with E-state index >= 15 is 0 Å². The van der Waals surface area contributed by atoms with Gasteiger partial charge in [-0.3, -0.25) is 0 Å². The van der Waals surface area contributed by atoms with Crippen molar-refractivity contribution in [1.29, 1.82) is 0 Å². The summed E-state index contributed by atoms with van der Waals surface area (Å²) >= 11 is 0. The molecule has 0 bridgehead atoms. The van der Waals surface area contributed by atoms with Crippen molar-refractivity contribution >= 4 is 0 Å². The third-order valence-electron chi connectivity index (χ3n) is 3.60. The van der Waals surface area contributed by atoms with E-state index < -0.39 is 67.2 Å². The maximum atomic E-state index is 14.1. The van der Waals surface area contributed by atoms with Crippen molar-refractivity contribution in [3.63, 3.8) is 0 Å². The molecular weight excluding hydrogens is 309 g/mol. The van der Waals surface area contributed by atoms with Crippen LogP contribution in [0.5, 0.6) is 17.2 Å². The Hall–Kier alpha value is -2.27. The first-order valence-corrected chi connectivity index (χ1v) is 7.30. The number of nitrogens with one attached hydrogen (secondary N) is 1. The van der Waals surface area contributed by atoms with Gasteiger partial charge in [-0.1, -0.05) is 12.1 Å². The zero-order valence-corrected chi connectivity index (χ0v) is 12.5. The Bertz CT molecular complexity index is 1140. The molecule has 1 saturated heterocycles. The highest BCUT2D eigenvalue weighted by molar-refractivity contribution is 5.46. The molecule has 0 radical (unpaired) electrons. The average Bonchev–Trinajstić information content (AvgIpc) is 3.06. The Morgan fingerprint density at radius 2 is 2.12 bits per heavy atom. The topological polar surface area (TPSA) is 39.7 Å². The van der Waals surface area contributed by atoms with Gasteiger partial charge in [0.2, 0.25) is 6.75 Å². The van der Waals surface area contributed by atoms with E-state index in [1.807, 2.05) is 0 Å². The number of piperidine rings is 1. The zero-order valence-electron chi connectivity index (χ0n) is 22.5. The maximum Gasteiger partial charge on any atom is 0.231 e. The number of halogens is 1. The lowest BCUT2D eigenvalue weighted by Crippen LogP contribution is -2.38. The van der Waals surface area contributed by atoms with Crippen molar-refractivity contribution in [2.45, 2.75) is 12.3 Å². The van der Waals surface area contributed by atoms with E-state index in [9.17, 15) is 4.39 Å². The van der Waals surface area contributed by atoms with E-state index in [-0.39, 0.29) is 30.2 Å². The van der Waals surface area contributed by atoms with E-state index in [2.05, 4.69) is 5.32 Å². The minimum Gasteiger partial charge on any atom is -0.493 e. The molecule has 0 saturated carbocycles. The lowest BCUT2D eigenvalue weighted by atomic mass is 9.81. The van der Waals surface area contributed by atoms with Crippen LogP contribution in [0.3, 0.4) is 0 Å². The normalized spacial score (nSPS) is 38.7. The minimum atomic E-state index is -2.58. The van der Waals surface area contributed by atoms with Gasteiger partial charge in [0.15, 0.2) is 11.5 Å². The van der Waals surface area contributed by atoms with E-state index in [1.54, 1.807) is 0 Å². The summed E-state index contributed by atoms with van der Waals surface area (Å²) in [4.78, 5) is 0. The van der Waals surface area contributed by atoms with E-state index in [1.165, 1.54) is 18.2 Å². The summed E-state index contributed by atoms with van der Waals surface area (Å²) in [6.45, 7) is -5.86. The van der Waals surface area contributed by atoms with Crippen LogP contribution in [-0.2, 0) is 0 Å². The third kappa shape index (κ3) is 3.17. The standard InChI is InChI=1S/C19H20FNO3/c20-15-3-1-13(2-4-15)17-7-8-21-10-14(17)11-22-16-5-6-18-19(9-16)24-12-23-18/h1-6,9,14,17,21H,7-8,10-12H2/t14?,17-/m0/s1/i1D,2D,3D,4D,10D2,12D2,14D,17D. The van der Waals surface area contributed by atoms with Gasteiger partial charge in [0.05, 0.1) is 12.1 Å². The number of rotatable bonds is 4. The van der Waals surface area contributed by atoms with Crippen molar-refractivity contribution in [3.05, 3.63) is 53.7 Å². The van der Waals surface area contributed by atoms with Crippen molar-refractivity contribution in [3.8, 4) is 17.2 Å². The van der Waals surface area contributed by atoms with Crippen molar-refractivity contribution in [1.82, 2.24) is 5.32 Å². The van der Waals surface area contributed by atoms with Crippen LogP contribution >= 0.6 is 0 Å². The fraction of sp³-hybridized carbons (Fsp3) is 0.368. The highest BCUT2D eigenvalue weighted by atomic mass is 19.1. The van der Waals surface area contributed by atoms with Crippen LogP contribution in [0.25, 0.3) is 0 Å². The summed E-state index contributed by atoms with van der Waals surface area (Å²) in [7, 11) is 0. The molecule has 0 spiro atoms. The maximum absolute atomic E-state index is 14.1. The highest BCUT2D eigenvalue weighted by Gasteiger charge is 2.27. The molecule has 0 amide bonds. The summed E-state index contributed by atoms with van der Waals surface area (Å²) in [6.07, 6.45) is -0.275. The van der Waals surface area contributed by atoms with Crippen LogP contribution in [0, 0.1) is 11.7 Å². The number of hydrogen-bond donors (Lipinski definition) is 1. The summed E-state index contributed by atoms with van der Waals surface area (Å²) < 4.78 is 112. The number of ether oxygens (including phenoxy) is 3. The monoisotopic (exact) mass is 339 g/mol. The molecule has 2 aliphatic rings. The molecule has 24 heavy (non-hydrogen) atoms. The molecule has 1 unspecified atom stereocenters. The Balaban J connectivity index is 1.76. The Kier molecular flexibility index (Phi) is 2.16. The van der Waals surface area contributed by atoms with Crippen LogP contribution < -0.4 is 19.5 Å². The molecular formula is C19H20FNO3. The van der Waals surface area contributed by atoms with Gasteiger partial charge in [-0.05, 0) is 48.6 Å². The van der Waals surface area contributed by atoms with Crippen LogP contribution in [0.1, 0.15) is 31.6 Å². The molecule has 4 rings (SSSR count). The molecule has 2 aromatic carbocycles. The molecule has 2 aliphatic heterocycles. The molecule has 2 aromatic rings. The second-order valence-corrected chi connectivity index (χ2v) is 5.13. The van der Waals surface area contributed by atoms with Gasteiger partial charge < -0.3 is 19.5 Å². The van der Waals surface area contributed by atoms with Crippen molar-refractivity contribution < 1.29 is 32.3 Å². The van der Waals surface area contributed by atoms with Crippen molar-refractivity contribution in [2.24, 2.45) is 5.89 Å². The minimum absolute atomic E-state index is 0.0153. The summed E-state index contributed by atoms with van der Waals surface area (Å²) in [5.74, 6) is -6.10. The average molecular weight is 339 g/mol. The molecule has 1 N–H and O–H groups in total. The molecule has 126 valence electrons. The highest BCUT2D eigenvalue weighted by Crippen LogP contribution is 2.36. The first kappa shape index (κ1) is 7.74. The number of fused-ring (bicyclic) bond motifs is 1. The molecule has 2 heterocycles. The van der Waals surface area contributed by atoms with Gasteiger partial charge in [-0.25, -0.2) is 4.39 Å². The van der Waals surface area contributed by atoms with Crippen LogP contribution in [0.4, 0.5) is 4.39 Å². The SMILES string of the molecule is [2H]c1c([2H])c([C@]2([2H])CCNC([2H])([2H])C2([2H])COc2ccc3c(c2)OC([2H])([2H])O3)c([2H])c([2H])c1F. The molecule has 1 fully saturated rings. The predicted octanol–water partition coefficient (Wildman–Crippen LogP) is 3.33. The lowest BCUT2D eigenvalue weighted by Gasteiger charge is -2.32. The third-order valence-corrected chi connectivity index (χ3v) is 3.60. The number of hydrogen-bond acceptors (Lipinski definition) is 4. The van der Waals surface area contributed by atoms with Gasteiger partial charge in [-0.15, -0.1) is 0 Å².